The minimum Gasteiger partial charge on any atom is -0.384 e. The van der Waals surface area contributed by atoms with Crippen LogP contribution in [0.3, 0.4) is 0 Å². The Balaban J connectivity index is 1.99. The van der Waals surface area contributed by atoms with Gasteiger partial charge >= 0.3 is 5.69 Å². The average Bonchev–Trinajstić information content (AvgIpc) is 2.77. The Morgan fingerprint density at radius 2 is 1.79 bits per heavy atom. The monoisotopic (exact) mass is 463 g/mol. The van der Waals surface area contributed by atoms with Crippen LogP contribution in [0.2, 0.25) is 0 Å². The normalized spacial score (nSPS) is 16.8. The Bertz CT molecular complexity index is 1160. The first kappa shape index (κ1) is 24.3. The second-order valence-corrected chi connectivity index (χ2v) is 8.03. The van der Waals surface area contributed by atoms with Crippen molar-refractivity contribution in [3.63, 3.8) is 0 Å². The van der Waals surface area contributed by atoms with E-state index in [0.717, 1.165) is 22.0 Å². The molecule has 0 bridgehead atoms. The van der Waals surface area contributed by atoms with E-state index in [-0.39, 0.29) is 36.6 Å². The molecule has 2 heterocycles. The Morgan fingerprint density at radius 1 is 1.12 bits per heavy atom. The Hall–Kier alpha value is -3.34. The molecule has 1 aliphatic heterocycles. The van der Waals surface area contributed by atoms with Crippen molar-refractivity contribution in [2.75, 3.05) is 18.8 Å². The molecular formula is C22H27F2N5O4. The molecular weight excluding hydrogens is 436 g/mol. The van der Waals surface area contributed by atoms with Crippen LogP contribution in [-0.4, -0.2) is 44.9 Å². The number of halogens is 2. The number of hydrogen-bond acceptors (Lipinski definition) is 6. The third kappa shape index (κ3) is 5.03. The minimum atomic E-state index is -2.63. The first-order chi connectivity index (χ1) is 15.6. The van der Waals surface area contributed by atoms with Crippen molar-refractivity contribution in [1.29, 1.82) is 0 Å². The molecule has 1 aromatic heterocycles. The number of nitrogen functional groups attached to an aromatic ring is 1. The van der Waals surface area contributed by atoms with Crippen LogP contribution in [0.5, 0.6) is 0 Å². The van der Waals surface area contributed by atoms with Crippen LogP contribution in [0.15, 0.2) is 33.9 Å². The number of likely N-dealkylation sites (tertiary alicyclic amines) is 1. The highest BCUT2D eigenvalue weighted by Crippen LogP contribution is 2.20. The van der Waals surface area contributed by atoms with E-state index in [1.54, 1.807) is 11.8 Å². The maximum atomic E-state index is 13.1. The highest BCUT2D eigenvalue weighted by Gasteiger charge is 2.31. The summed E-state index contributed by atoms with van der Waals surface area (Å²) in [5, 5.41) is 0. The van der Waals surface area contributed by atoms with Gasteiger partial charge in [0.15, 0.2) is 5.78 Å². The van der Waals surface area contributed by atoms with Gasteiger partial charge in [0, 0.05) is 12.1 Å². The number of alkyl halides is 2. The molecule has 3 rings (SSSR count). The third-order valence-corrected chi connectivity index (χ3v) is 5.92. The molecule has 0 spiro atoms. The Morgan fingerprint density at radius 3 is 2.36 bits per heavy atom. The third-order valence-electron chi connectivity index (χ3n) is 5.92. The van der Waals surface area contributed by atoms with Crippen molar-refractivity contribution in [2.24, 2.45) is 5.73 Å². The molecule has 1 aliphatic rings. The molecule has 33 heavy (non-hydrogen) atoms. The number of Topliss-reactive ketones (excluding diaryl/α,β-unsaturated/α-hetero) is 1. The molecule has 0 saturated carbocycles. The van der Waals surface area contributed by atoms with E-state index in [0.29, 0.717) is 18.5 Å². The summed E-state index contributed by atoms with van der Waals surface area (Å²) in [6.45, 7) is 1.72. The van der Waals surface area contributed by atoms with Crippen molar-refractivity contribution in [2.45, 2.75) is 51.7 Å². The SMILES string of the molecule is CCn1c(=O)c(C(=O)CN2CCCC[C@@H]2C(N)=O)c(N)n(Cc2ccc(C(F)F)cc2)c1=O. The fourth-order valence-electron chi connectivity index (χ4n) is 4.13. The topological polar surface area (TPSA) is 133 Å². The van der Waals surface area contributed by atoms with Crippen LogP contribution in [-0.2, 0) is 17.9 Å². The first-order valence-corrected chi connectivity index (χ1v) is 10.7. The molecule has 4 N–H and O–H groups in total. The highest BCUT2D eigenvalue weighted by molar-refractivity contribution is 6.01. The van der Waals surface area contributed by atoms with Gasteiger partial charge in [0.2, 0.25) is 5.91 Å². The summed E-state index contributed by atoms with van der Waals surface area (Å²) in [4.78, 5) is 52.3. The largest absolute Gasteiger partial charge is 0.384 e. The van der Waals surface area contributed by atoms with Gasteiger partial charge in [0.1, 0.15) is 11.4 Å². The summed E-state index contributed by atoms with van der Waals surface area (Å²) in [5.74, 6) is -1.46. The van der Waals surface area contributed by atoms with Crippen molar-refractivity contribution < 1.29 is 18.4 Å². The number of benzene rings is 1. The van der Waals surface area contributed by atoms with Crippen molar-refractivity contribution in [3.05, 3.63) is 61.8 Å². The van der Waals surface area contributed by atoms with Gasteiger partial charge in [-0.05, 0) is 31.9 Å². The predicted octanol–water partition coefficient (Wildman–Crippen LogP) is 1.12. The molecule has 0 aliphatic carbocycles. The maximum Gasteiger partial charge on any atom is 0.332 e. The lowest BCUT2D eigenvalue weighted by Crippen LogP contribution is -2.51. The van der Waals surface area contributed by atoms with Crippen LogP contribution in [0.4, 0.5) is 14.6 Å². The highest BCUT2D eigenvalue weighted by atomic mass is 19.3. The van der Waals surface area contributed by atoms with E-state index >= 15 is 0 Å². The lowest BCUT2D eigenvalue weighted by atomic mass is 10.0. The quantitative estimate of drug-likeness (QED) is 0.564. The average molecular weight is 463 g/mol. The van der Waals surface area contributed by atoms with Crippen LogP contribution in [0, 0.1) is 0 Å². The Kier molecular flexibility index (Phi) is 7.42. The predicted molar refractivity (Wildman–Crippen MR) is 118 cm³/mol. The van der Waals surface area contributed by atoms with E-state index in [9.17, 15) is 28.0 Å². The number of anilines is 1. The zero-order chi connectivity index (χ0) is 24.3. The number of rotatable bonds is 8. The van der Waals surface area contributed by atoms with E-state index in [4.69, 9.17) is 11.5 Å². The molecule has 0 radical (unpaired) electrons. The maximum absolute atomic E-state index is 13.1. The summed E-state index contributed by atoms with van der Waals surface area (Å²) in [6.07, 6.45) is -0.527. The minimum absolute atomic E-state index is 0.0101. The van der Waals surface area contributed by atoms with E-state index < -0.39 is 35.4 Å². The molecule has 1 fully saturated rings. The van der Waals surface area contributed by atoms with E-state index in [2.05, 4.69) is 0 Å². The standard InChI is InChI=1S/C22H27F2N5O4/c1-2-28-21(32)17(16(30)12-27-10-4-3-5-15(27)20(26)31)19(25)29(22(28)33)11-13-6-8-14(9-7-13)18(23)24/h6-9,15,18H,2-5,10-12,25H2,1H3,(H2,26,31)/t15-/m1/s1. The van der Waals surface area contributed by atoms with Crippen LogP contribution < -0.4 is 22.7 Å². The number of nitrogens with two attached hydrogens (primary N) is 2. The van der Waals surface area contributed by atoms with Gasteiger partial charge in [-0.3, -0.25) is 28.4 Å². The van der Waals surface area contributed by atoms with E-state index in [1.807, 2.05) is 0 Å². The van der Waals surface area contributed by atoms with Crippen molar-refractivity contribution >= 4 is 17.5 Å². The lowest BCUT2D eigenvalue weighted by molar-refractivity contribution is -0.124. The number of carbonyl (C=O) groups excluding carboxylic acids is 2. The van der Waals surface area contributed by atoms with Crippen LogP contribution >= 0.6 is 0 Å². The molecule has 2 aromatic rings. The molecule has 1 atom stereocenters. The number of carbonyl (C=O) groups is 2. The van der Waals surface area contributed by atoms with Gasteiger partial charge in [-0.25, -0.2) is 13.6 Å². The summed E-state index contributed by atoms with van der Waals surface area (Å²) >= 11 is 0. The number of primary amides is 1. The molecule has 11 heteroatoms. The molecule has 1 amide bonds. The molecule has 0 unspecified atom stereocenters. The second-order valence-electron chi connectivity index (χ2n) is 8.03. The fourth-order valence-corrected chi connectivity index (χ4v) is 4.13. The van der Waals surface area contributed by atoms with Crippen molar-refractivity contribution in [3.8, 4) is 0 Å². The van der Waals surface area contributed by atoms with Gasteiger partial charge in [-0.1, -0.05) is 30.7 Å². The summed E-state index contributed by atoms with van der Waals surface area (Å²) < 4.78 is 27.6. The number of aromatic nitrogens is 2. The lowest BCUT2D eigenvalue weighted by Gasteiger charge is -2.33. The summed E-state index contributed by atoms with van der Waals surface area (Å²) in [6, 6.07) is 4.73. The Labute approximate surface area is 188 Å². The van der Waals surface area contributed by atoms with E-state index in [1.165, 1.54) is 24.3 Å². The molecule has 1 saturated heterocycles. The van der Waals surface area contributed by atoms with Gasteiger partial charge in [-0.2, -0.15) is 0 Å². The molecule has 178 valence electrons. The number of amides is 1. The van der Waals surface area contributed by atoms with Gasteiger partial charge < -0.3 is 11.5 Å². The zero-order valence-corrected chi connectivity index (χ0v) is 18.3. The summed E-state index contributed by atoms with van der Waals surface area (Å²) in [5.41, 5.74) is 10.1. The van der Waals surface area contributed by atoms with Crippen molar-refractivity contribution in [1.82, 2.24) is 14.0 Å². The van der Waals surface area contributed by atoms with Crippen LogP contribution in [0.1, 0.15) is 54.1 Å². The van der Waals surface area contributed by atoms with Crippen LogP contribution in [0.25, 0.3) is 0 Å². The molecule has 9 nitrogen and oxygen atoms in total. The number of hydrogen-bond donors (Lipinski definition) is 2. The zero-order valence-electron chi connectivity index (χ0n) is 18.3. The van der Waals surface area contributed by atoms with Gasteiger partial charge in [0.25, 0.3) is 12.0 Å². The number of nitrogens with zero attached hydrogens (tertiary/aromatic N) is 3. The number of piperidine rings is 1. The smallest absolute Gasteiger partial charge is 0.332 e. The first-order valence-electron chi connectivity index (χ1n) is 10.7. The summed E-state index contributed by atoms with van der Waals surface area (Å²) in [7, 11) is 0. The fraction of sp³-hybridized carbons (Fsp3) is 0.455. The molecule has 1 aromatic carbocycles. The van der Waals surface area contributed by atoms with Gasteiger partial charge in [0.05, 0.1) is 19.1 Å². The van der Waals surface area contributed by atoms with Gasteiger partial charge in [-0.15, -0.1) is 0 Å². The number of ketones is 1. The second kappa shape index (κ2) is 10.1.